The van der Waals surface area contributed by atoms with Crippen molar-refractivity contribution in [2.45, 2.75) is 4.21 Å². The van der Waals surface area contributed by atoms with Crippen molar-refractivity contribution in [2.75, 3.05) is 17.1 Å². The summed E-state index contributed by atoms with van der Waals surface area (Å²) in [5.41, 5.74) is 0.788. The first-order chi connectivity index (χ1) is 9.51. The Morgan fingerprint density at radius 3 is 2.60 bits per heavy atom. The molecule has 0 aliphatic carbocycles. The van der Waals surface area contributed by atoms with Gasteiger partial charge in [-0.15, -0.1) is 11.3 Å². The maximum absolute atomic E-state index is 12.0. The SMILES string of the molecule is COC(=O)Nc1cccc(NS(=O)(=O)c2cccs2)c1. The lowest BCUT2D eigenvalue weighted by Gasteiger charge is -2.08. The fourth-order valence-corrected chi connectivity index (χ4v) is 3.49. The largest absolute Gasteiger partial charge is 0.453 e. The summed E-state index contributed by atoms with van der Waals surface area (Å²) in [5, 5.41) is 4.14. The third-order valence-electron chi connectivity index (χ3n) is 2.31. The number of rotatable bonds is 4. The number of carbonyl (C=O) groups is 1. The first kappa shape index (κ1) is 14.4. The topological polar surface area (TPSA) is 84.5 Å². The summed E-state index contributed by atoms with van der Waals surface area (Å²) in [6.07, 6.45) is -0.622. The van der Waals surface area contributed by atoms with Gasteiger partial charge in [-0.05, 0) is 29.6 Å². The zero-order valence-electron chi connectivity index (χ0n) is 10.5. The Balaban J connectivity index is 2.18. The number of thiophene rings is 1. The van der Waals surface area contributed by atoms with Gasteiger partial charge in [0.05, 0.1) is 12.8 Å². The molecule has 2 rings (SSSR count). The zero-order chi connectivity index (χ0) is 14.6. The maximum Gasteiger partial charge on any atom is 0.411 e. The summed E-state index contributed by atoms with van der Waals surface area (Å²) in [7, 11) is -2.35. The van der Waals surface area contributed by atoms with Crippen LogP contribution in [-0.2, 0) is 14.8 Å². The molecule has 1 aromatic carbocycles. The molecule has 1 heterocycles. The van der Waals surface area contributed by atoms with E-state index in [9.17, 15) is 13.2 Å². The predicted octanol–water partition coefficient (Wildman–Crippen LogP) is 2.73. The number of anilines is 2. The third-order valence-corrected chi connectivity index (χ3v) is 5.09. The highest BCUT2D eigenvalue weighted by Gasteiger charge is 2.15. The smallest absolute Gasteiger partial charge is 0.411 e. The highest BCUT2D eigenvalue weighted by molar-refractivity contribution is 7.94. The van der Waals surface area contributed by atoms with E-state index < -0.39 is 16.1 Å². The molecule has 6 nitrogen and oxygen atoms in total. The molecule has 8 heteroatoms. The van der Waals surface area contributed by atoms with E-state index in [0.29, 0.717) is 11.4 Å². The van der Waals surface area contributed by atoms with Gasteiger partial charge in [0.2, 0.25) is 0 Å². The molecule has 106 valence electrons. The Morgan fingerprint density at radius 2 is 1.95 bits per heavy atom. The average Bonchev–Trinajstić information content (AvgIpc) is 2.93. The molecular formula is C12H12N2O4S2. The molecule has 0 bridgehead atoms. The minimum Gasteiger partial charge on any atom is -0.453 e. The molecule has 0 saturated carbocycles. The molecule has 0 radical (unpaired) electrons. The number of nitrogens with one attached hydrogen (secondary N) is 2. The Labute approximate surface area is 120 Å². The van der Waals surface area contributed by atoms with Gasteiger partial charge in [-0.3, -0.25) is 10.0 Å². The van der Waals surface area contributed by atoms with E-state index in [1.807, 2.05) is 0 Å². The maximum atomic E-state index is 12.0. The van der Waals surface area contributed by atoms with Crippen molar-refractivity contribution in [1.82, 2.24) is 0 Å². The lowest BCUT2D eigenvalue weighted by Crippen LogP contribution is -2.13. The second kappa shape index (κ2) is 5.93. The van der Waals surface area contributed by atoms with Crippen LogP contribution in [0.4, 0.5) is 16.2 Å². The van der Waals surface area contributed by atoms with Crippen LogP contribution in [-0.4, -0.2) is 21.6 Å². The highest BCUT2D eigenvalue weighted by Crippen LogP contribution is 2.22. The lowest BCUT2D eigenvalue weighted by molar-refractivity contribution is 0.187. The van der Waals surface area contributed by atoms with Crippen LogP contribution >= 0.6 is 11.3 Å². The number of hydrogen-bond acceptors (Lipinski definition) is 5. The number of methoxy groups -OCH3 is 1. The number of hydrogen-bond donors (Lipinski definition) is 2. The molecule has 2 N–H and O–H groups in total. The minimum absolute atomic E-state index is 0.226. The van der Waals surface area contributed by atoms with Crippen molar-refractivity contribution in [3.63, 3.8) is 0 Å². The highest BCUT2D eigenvalue weighted by atomic mass is 32.2. The number of ether oxygens (including phenoxy) is 1. The van der Waals surface area contributed by atoms with Crippen LogP contribution < -0.4 is 10.0 Å². The Morgan fingerprint density at radius 1 is 1.20 bits per heavy atom. The van der Waals surface area contributed by atoms with E-state index >= 15 is 0 Å². The molecule has 0 fully saturated rings. The van der Waals surface area contributed by atoms with Gasteiger partial charge in [-0.2, -0.15) is 0 Å². The molecule has 2 aromatic rings. The normalized spacial score (nSPS) is 10.8. The van der Waals surface area contributed by atoms with Crippen LogP contribution in [0.15, 0.2) is 46.0 Å². The molecule has 0 aliphatic heterocycles. The molecule has 0 unspecified atom stereocenters. The van der Waals surface area contributed by atoms with Crippen molar-refractivity contribution in [3.05, 3.63) is 41.8 Å². The molecule has 0 aliphatic rings. The molecule has 1 aromatic heterocycles. The van der Waals surface area contributed by atoms with E-state index in [-0.39, 0.29) is 4.21 Å². The van der Waals surface area contributed by atoms with Crippen LogP contribution in [0.3, 0.4) is 0 Å². The van der Waals surface area contributed by atoms with Crippen molar-refractivity contribution in [2.24, 2.45) is 0 Å². The predicted molar refractivity (Wildman–Crippen MR) is 77.6 cm³/mol. The van der Waals surface area contributed by atoms with Gasteiger partial charge in [0, 0.05) is 5.69 Å². The summed E-state index contributed by atoms with van der Waals surface area (Å²) in [6, 6.07) is 9.52. The van der Waals surface area contributed by atoms with E-state index in [1.54, 1.807) is 29.6 Å². The number of amides is 1. The van der Waals surface area contributed by atoms with Crippen molar-refractivity contribution in [1.29, 1.82) is 0 Å². The quantitative estimate of drug-likeness (QED) is 0.909. The first-order valence-corrected chi connectivity index (χ1v) is 7.89. The van der Waals surface area contributed by atoms with Crippen LogP contribution in [0.2, 0.25) is 0 Å². The Hall–Kier alpha value is -2.06. The van der Waals surface area contributed by atoms with Crippen LogP contribution in [0, 0.1) is 0 Å². The van der Waals surface area contributed by atoms with Crippen LogP contribution in [0.5, 0.6) is 0 Å². The minimum atomic E-state index is -3.60. The zero-order valence-corrected chi connectivity index (χ0v) is 12.1. The molecular weight excluding hydrogens is 300 g/mol. The van der Waals surface area contributed by atoms with E-state index in [4.69, 9.17) is 0 Å². The van der Waals surface area contributed by atoms with E-state index in [1.165, 1.54) is 19.2 Å². The number of carbonyl (C=O) groups excluding carboxylic acids is 1. The third kappa shape index (κ3) is 3.49. The Kier molecular flexibility index (Phi) is 4.26. The van der Waals surface area contributed by atoms with Crippen LogP contribution in [0.25, 0.3) is 0 Å². The van der Waals surface area contributed by atoms with Gasteiger partial charge in [-0.25, -0.2) is 13.2 Å². The van der Waals surface area contributed by atoms with Gasteiger partial charge in [0.1, 0.15) is 4.21 Å². The number of sulfonamides is 1. The van der Waals surface area contributed by atoms with Gasteiger partial charge in [0.15, 0.2) is 0 Å². The summed E-state index contributed by atoms with van der Waals surface area (Å²) >= 11 is 1.13. The average molecular weight is 312 g/mol. The summed E-state index contributed by atoms with van der Waals surface area (Å²) in [5.74, 6) is 0. The number of benzene rings is 1. The summed E-state index contributed by atoms with van der Waals surface area (Å²) in [6.45, 7) is 0. The Bertz CT molecular complexity index is 696. The molecule has 0 saturated heterocycles. The van der Waals surface area contributed by atoms with E-state index in [2.05, 4.69) is 14.8 Å². The lowest BCUT2D eigenvalue weighted by atomic mass is 10.3. The second-order valence-electron chi connectivity index (χ2n) is 3.73. The summed E-state index contributed by atoms with van der Waals surface area (Å²) < 4.78 is 31.2. The van der Waals surface area contributed by atoms with Gasteiger partial charge >= 0.3 is 6.09 Å². The summed E-state index contributed by atoms with van der Waals surface area (Å²) in [4.78, 5) is 11.1. The van der Waals surface area contributed by atoms with Crippen molar-refractivity contribution >= 4 is 38.8 Å². The van der Waals surface area contributed by atoms with Crippen molar-refractivity contribution in [3.8, 4) is 0 Å². The van der Waals surface area contributed by atoms with Crippen LogP contribution in [0.1, 0.15) is 0 Å². The molecule has 0 atom stereocenters. The molecule has 1 amide bonds. The van der Waals surface area contributed by atoms with Gasteiger partial charge in [-0.1, -0.05) is 12.1 Å². The molecule has 0 spiro atoms. The first-order valence-electron chi connectivity index (χ1n) is 5.52. The van der Waals surface area contributed by atoms with Gasteiger partial charge in [0.25, 0.3) is 10.0 Å². The fraction of sp³-hybridized carbons (Fsp3) is 0.0833. The standard InChI is InChI=1S/C12H12N2O4S2/c1-18-12(15)13-9-4-2-5-10(8-9)14-20(16,17)11-6-3-7-19-11/h2-8,14H,1H3,(H,13,15). The van der Waals surface area contributed by atoms with Crippen molar-refractivity contribution < 1.29 is 17.9 Å². The van der Waals surface area contributed by atoms with Gasteiger partial charge < -0.3 is 4.74 Å². The second-order valence-corrected chi connectivity index (χ2v) is 6.59. The van der Waals surface area contributed by atoms with E-state index in [0.717, 1.165) is 11.3 Å². The monoisotopic (exact) mass is 312 g/mol. The fourth-order valence-electron chi connectivity index (χ4n) is 1.45. The molecule has 20 heavy (non-hydrogen) atoms.